The van der Waals surface area contributed by atoms with E-state index in [0.717, 1.165) is 58.9 Å². The van der Waals surface area contributed by atoms with Crippen LogP contribution in [0.3, 0.4) is 0 Å². The van der Waals surface area contributed by atoms with Gasteiger partial charge >= 0.3 is 0 Å². The van der Waals surface area contributed by atoms with Gasteiger partial charge in [-0.2, -0.15) is 10.2 Å². The molecule has 4 N–H and O–H groups in total. The Morgan fingerprint density at radius 3 is 1.79 bits per heavy atom. The molecule has 0 fully saturated rings. The molecule has 5 rings (SSSR count). The second kappa shape index (κ2) is 9.13. The zero-order valence-electron chi connectivity index (χ0n) is 19.8. The molecule has 0 saturated carbocycles. The summed E-state index contributed by atoms with van der Waals surface area (Å²) < 4.78 is 0. The Bertz CT molecular complexity index is 1340. The van der Waals surface area contributed by atoms with E-state index in [1.165, 1.54) is 5.56 Å². The first-order valence-electron chi connectivity index (χ1n) is 11.6. The van der Waals surface area contributed by atoms with Crippen LogP contribution in [0.15, 0.2) is 62.7 Å². The zero-order chi connectivity index (χ0) is 23.5. The van der Waals surface area contributed by atoms with E-state index in [4.69, 9.17) is 0 Å². The van der Waals surface area contributed by atoms with Crippen molar-refractivity contribution in [2.75, 3.05) is 26.2 Å². The van der Waals surface area contributed by atoms with Crippen LogP contribution in [0.1, 0.15) is 37.5 Å². The van der Waals surface area contributed by atoms with Crippen LogP contribution < -0.4 is 21.5 Å². The van der Waals surface area contributed by atoms with Crippen LogP contribution >= 0.6 is 0 Å². The van der Waals surface area contributed by atoms with Crippen LogP contribution in [0.4, 0.5) is 0 Å². The third-order valence-electron chi connectivity index (χ3n) is 6.05. The van der Waals surface area contributed by atoms with Crippen molar-refractivity contribution in [3.05, 3.63) is 59.2 Å². The molecular formula is C26H30N8. The molecule has 34 heavy (non-hydrogen) atoms. The van der Waals surface area contributed by atoms with Gasteiger partial charge in [0.1, 0.15) is 0 Å². The van der Waals surface area contributed by atoms with E-state index in [1.54, 1.807) is 0 Å². The predicted octanol–water partition coefficient (Wildman–Crippen LogP) is 3.06. The topological polar surface area (TPSA) is 97.6 Å². The van der Waals surface area contributed by atoms with Crippen LogP contribution in [0.25, 0.3) is 21.5 Å². The van der Waals surface area contributed by atoms with Gasteiger partial charge in [0.15, 0.2) is 0 Å². The molecule has 0 radical (unpaired) electrons. The summed E-state index contributed by atoms with van der Waals surface area (Å²) >= 11 is 0. The third-order valence-corrected chi connectivity index (χ3v) is 6.05. The molecular weight excluding hydrogens is 424 g/mol. The van der Waals surface area contributed by atoms with E-state index < -0.39 is 0 Å². The quantitative estimate of drug-likeness (QED) is 0.277. The molecule has 0 aliphatic carbocycles. The van der Waals surface area contributed by atoms with Crippen molar-refractivity contribution < 1.29 is 0 Å². The van der Waals surface area contributed by atoms with E-state index in [0.29, 0.717) is 11.9 Å². The molecule has 0 amide bonds. The van der Waals surface area contributed by atoms with Crippen molar-refractivity contribution in [3.63, 3.8) is 0 Å². The van der Waals surface area contributed by atoms with E-state index >= 15 is 0 Å². The highest BCUT2D eigenvalue weighted by Gasteiger charge is 2.18. The van der Waals surface area contributed by atoms with Gasteiger partial charge in [-0.3, -0.25) is 0 Å². The largest absolute Gasteiger partial charge is 0.353 e. The molecule has 0 unspecified atom stereocenters. The number of hydrogen-bond acceptors (Lipinski definition) is 8. The second-order valence-electron chi connectivity index (χ2n) is 9.44. The molecule has 0 bridgehead atoms. The lowest BCUT2D eigenvalue weighted by molar-refractivity contribution is 0.591. The number of fused-ring (bicyclic) bond motifs is 2. The number of rotatable bonds is 4. The average Bonchev–Trinajstić information content (AvgIpc) is 3.54. The van der Waals surface area contributed by atoms with Crippen molar-refractivity contribution >= 4 is 45.9 Å². The first kappa shape index (κ1) is 21.9. The summed E-state index contributed by atoms with van der Waals surface area (Å²) in [6, 6.07) is 15.1. The van der Waals surface area contributed by atoms with E-state index in [1.807, 2.05) is 12.4 Å². The molecule has 2 heterocycles. The second-order valence-corrected chi connectivity index (χ2v) is 9.44. The molecule has 8 heteroatoms. The van der Waals surface area contributed by atoms with Gasteiger partial charge in [0, 0.05) is 24.2 Å². The lowest BCUT2D eigenvalue weighted by Crippen LogP contribution is -2.30. The smallest absolute Gasteiger partial charge is 0.212 e. The average molecular weight is 455 g/mol. The number of benzene rings is 3. The van der Waals surface area contributed by atoms with Gasteiger partial charge in [-0.25, -0.2) is 20.8 Å². The monoisotopic (exact) mass is 454 g/mol. The highest BCUT2D eigenvalue weighted by atomic mass is 15.4. The Hall–Kier alpha value is -3.94. The van der Waals surface area contributed by atoms with Crippen molar-refractivity contribution in [2.45, 2.75) is 26.2 Å². The molecule has 174 valence electrons. The van der Waals surface area contributed by atoms with Crippen molar-refractivity contribution in [2.24, 2.45) is 20.2 Å². The van der Waals surface area contributed by atoms with Crippen LogP contribution in [0, 0.1) is 0 Å². The Balaban J connectivity index is 1.66. The lowest BCUT2D eigenvalue weighted by Gasteiger charge is -2.21. The summed E-state index contributed by atoms with van der Waals surface area (Å²) in [6.45, 7) is 9.90. The van der Waals surface area contributed by atoms with E-state index in [2.05, 4.69) is 105 Å². The molecule has 2 aliphatic heterocycles. The summed E-state index contributed by atoms with van der Waals surface area (Å²) in [5.74, 6) is 1.41. The van der Waals surface area contributed by atoms with Crippen LogP contribution in [0.2, 0.25) is 0 Å². The van der Waals surface area contributed by atoms with E-state index in [9.17, 15) is 0 Å². The molecule has 0 spiro atoms. The maximum Gasteiger partial charge on any atom is 0.212 e. The molecule has 3 aromatic carbocycles. The van der Waals surface area contributed by atoms with Gasteiger partial charge in [-0.15, -0.1) is 0 Å². The summed E-state index contributed by atoms with van der Waals surface area (Å²) in [7, 11) is 0. The fourth-order valence-electron chi connectivity index (χ4n) is 4.25. The first-order chi connectivity index (χ1) is 16.5. The highest BCUT2D eigenvalue weighted by molar-refractivity contribution is 6.21. The molecule has 3 aromatic rings. The minimum absolute atomic E-state index is 0.0249. The fraction of sp³-hybridized carbons (Fsp3) is 0.308. The molecule has 0 aromatic heterocycles. The molecule has 0 atom stereocenters. The molecule has 0 saturated heterocycles. The minimum atomic E-state index is 0.0249. The first-order valence-corrected chi connectivity index (χ1v) is 11.6. The maximum absolute atomic E-state index is 4.52. The SMILES string of the molecule is CC(C)(C)c1ccc2c(/C=N/NC3=NCCN3)c3ccccc3c(/C=N/NC3=NCCN3)c2c1. The lowest BCUT2D eigenvalue weighted by atomic mass is 9.83. The molecule has 8 nitrogen and oxygen atoms in total. The van der Waals surface area contributed by atoms with Crippen LogP contribution in [0.5, 0.6) is 0 Å². The van der Waals surface area contributed by atoms with Gasteiger partial charge in [0.25, 0.3) is 0 Å². The van der Waals surface area contributed by atoms with Crippen molar-refractivity contribution in [3.8, 4) is 0 Å². The zero-order valence-corrected chi connectivity index (χ0v) is 19.8. The van der Waals surface area contributed by atoms with Crippen molar-refractivity contribution in [1.29, 1.82) is 0 Å². The Kier molecular flexibility index (Phi) is 5.88. The van der Waals surface area contributed by atoms with Gasteiger partial charge in [-0.05, 0) is 38.6 Å². The third kappa shape index (κ3) is 4.44. The summed E-state index contributed by atoms with van der Waals surface area (Å²) in [5.41, 5.74) is 9.48. The standard InChI is InChI=1S/C26H30N8/c1-26(2,3)17-8-9-20-21(14-17)23(16-32-34-25-29-12-13-30-25)19-7-5-4-6-18(19)22(20)15-31-33-24-27-10-11-28-24/h4-9,14-16H,10-13H2,1-3H3,(H2,27,28,33)(H2,29,30,34)/b31-15+,32-16+. The maximum atomic E-state index is 4.52. The predicted molar refractivity (Wildman–Crippen MR) is 142 cm³/mol. The summed E-state index contributed by atoms with van der Waals surface area (Å²) in [5, 5.41) is 19.9. The summed E-state index contributed by atoms with van der Waals surface area (Å²) in [4.78, 5) is 8.71. The summed E-state index contributed by atoms with van der Waals surface area (Å²) in [6.07, 6.45) is 3.79. The Labute approximate surface area is 199 Å². The Morgan fingerprint density at radius 1 is 0.765 bits per heavy atom. The normalized spacial score (nSPS) is 16.2. The number of nitrogens with one attached hydrogen (secondary N) is 4. The number of guanidine groups is 2. The number of hydrazone groups is 2. The highest BCUT2D eigenvalue weighted by Crippen LogP contribution is 2.34. The minimum Gasteiger partial charge on any atom is -0.353 e. The van der Waals surface area contributed by atoms with Crippen LogP contribution in [-0.2, 0) is 5.41 Å². The number of aliphatic imine (C=N–C) groups is 2. The fourth-order valence-corrected chi connectivity index (χ4v) is 4.25. The van der Waals surface area contributed by atoms with Gasteiger partial charge in [0.2, 0.25) is 11.9 Å². The van der Waals surface area contributed by atoms with Crippen LogP contribution in [-0.4, -0.2) is 50.5 Å². The molecule has 2 aliphatic rings. The number of hydrogen-bond donors (Lipinski definition) is 4. The van der Waals surface area contributed by atoms with Gasteiger partial charge in [0.05, 0.1) is 25.5 Å². The van der Waals surface area contributed by atoms with Gasteiger partial charge < -0.3 is 10.6 Å². The van der Waals surface area contributed by atoms with Crippen molar-refractivity contribution in [1.82, 2.24) is 21.5 Å². The van der Waals surface area contributed by atoms with E-state index in [-0.39, 0.29) is 5.41 Å². The Morgan fingerprint density at radius 2 is 1.29 bits per heavy atom. The van der Waals surface area contributed by atoms with Gasteiger partial charge in [-0.1, -0.05) is 57.2 Å². The number of nitrogens with zero attached hydrogens (tertiary/aromatic N) is 4.